The maximum absolute atomic E-state index is 2.58. The lowest BCUT2D eigenvalue weighted by Gasteiger charge is -2.44. The number of rotatable bonds is 0. The van der Waals surface area contributed by atoms with E-state index < -0.39 is 0 Å². The maximum atomic E-state index is 2.58. The van der Waals surface area contributed by atoms with Crippen molar-refractivity contribution >= 4 is 0 Å². The third kappa shape index (κ3) is 0.443. The van der Waals surface area contributed by atoms with E-state index in [0.717, 1.165) is 5.41 Å². The average molecular weight is 148 g/mol. The lowest BCUT2D eigenvalue weighted by atomic mass is 9.61. The van der Waals surface area contributed by atoms with Gasteiger partial charge in [0.25, 0.3) is 0 Å². The maximum Gasteiger partial charge on any atom is -0.0287 e. The second-order valence-corrected chi connectivity index (χ2v) is 5.93. The Kier molecular flexibility index (Phi) is 0.661. The van der Waals surface area contributed by atoms with Gasteiger partial charge in [-0.25, -0.2) is 0 Å². The van der Waals surface area contributed by atoms with E-state index in [4.69, 9.17) is 0 Å². The van der Waals surface area contributed by atoms with Crippen LogP contribution in [0.25, 0.3) is 0 Å². The minimum atomic E-state index is 0.848. The molecule has 0 spiro atoms. The van der Waals surface area contributed by atoms with Crippen LogP contribution < -0.4 is 0 Å². The normalized spacial score (nSPS) is 75.5. The molecule has 60 valence electrons. The molecular formula is C11H16. The van der Waals surface area contributed by atoms with Crippen molar-refractivity contribution in [1.29, 1.82) is 0 Å². The molecule has 0 aromatic rings. The molecule has 0 heterocycles. The minimum Gasteiger partial charge on any atom is -0.0593 e. The Balaban J connectivity index is 1.90. The summed E-state index contributed by atoms with van der Waals surface area (Å²) in [6, 6.07) is 0. The van der Waals surface area contributed by atoms with Crippen molar-refractivity contribution in [3.05, 3.63) is 0 Å². The van der Waals surface area contributed by atoms with Crippen LogP contribution in [0.1, 0.15) is 32.6 Å². The molecule has 4 bridgehead atoms. The lowest BCUT2D eigenvalue weighted by Crippen LogP contribution is -2.35. The van der Waals surface area contributed by atoms with Crippen LogP contribution in [0, 0.1) is 35.0 Å². The molecule has 0 nitrogen and oxygen atoms in total. The van der Waals surface area contributed by atoms with Gasteiger partial charge in [-0.3, -0.25) is 0 Å². The first-order chi connectivity index (χ1) is 5.28. The highest BCUT2D eigenvalue weighted by atomic mass is 14.8. The predicted octanol–water partition coefficient (Wildman–Crippen LogP) is 2.69. The zero-order valence-corrected chi connectivity index (χ0v) is 7.22. The predicted molar refractivity (Wildman–Crippen MR) is 44.0 cm³/mol. The highest BCUT2D eigenvalue weighted by Crippen LogP contribution is 2.79. The minimum absolute atomic E-state index is 0.848. The van der Waals surface area contributed by atoms with Gasteiger partial charge in [0.05, 0.1) is 0 Å². The molecule has 0 N–H and O–H groups in total. The Hall–Kier alpha value is 0. The van der Waals surface area contributed by atoms with Crippen LogP contribution in [0.5, 0.6) is 0 Å². The highest BCUT2D eigenvalue weighted by molar-refractivity contribution is 5.20. The fourth-order valence-electron chi connectivity index (χ4n) is 5.39. The summed E-state index contributed by atoms with van der Waals surface area (Å²) < 4.78 is 0. The summed E-state index contributed by atoms with van der Waals surface area (Å²) in [7, 11) is 0. The molecule has 0 saturated heterocycles. The van der Waals surface area contributed by atoms with Crippen molar-refractivity contribution in [3.63, 3.8) is 0 Å². The Morgan fingerprint density at radius 1 is 1.18 bits per heavy atom. The SMILES string of the molecule is CC12CC3CC(C1)C1C(C3)C12. The van der Waals surface area contributed by atoms with Gasteiger partial charge in [-0.1, -0.05) is 6.92 Å². The Labute approximate surface area is 68.4 Å². The van der Waals surface area contributed by atoms with Crippen LogP contribution in [0.3, 0.4) is 0 Å². The molecule has 0 aromatic carbocycles. The molecule has 5 aliphatic carbocycles. The van der Waals surface area contributed by atoms with E-state index in [1.54, 1.807) is 25.7 Å². The highest BCUT2D eigenvalue weighted by Gasteiger charge is 2.72. The third-order valence-corrected chi connectivity index (χ3v) is 5.30. The van der Waals surface area contributed by atoms with E-state index in [0.29, 0.717) is 0 Å². The van der Waals surface area contributed by atoms with Crippen LogP contribution >= 0.6 is 0 Å². The van der Waals surface area contributed by atoms with E-state index >= 15 is 0 Å². The van der Waals surface area contributed by atoms with Crippen molar-refractivity contribution in [2.24, 2.45) is 35.0 Å². The third-order valence-electron chi connectivity index (χ3n) is 5.30. The van der Waals surface area contributed by atoms with Gasteiger partial charge < -0.3 is 0 Å². The van der Waals surface area contributed by atoms with E-state index in [-0.39, 0.29) is 0 Å². The van der Waals surface area contributed by atoms with Crippen LogP contribution in [-0.4, -0.2) is 0 Å². The van der Waals surface area contributed by atoms with E-state index in [1.165, 1.54) is 29.6 Å². The van der Waals surface area contributed by atoms with Crippen molar-refractivity contribution in [2.75, 3.05) is 0 Å². The number of hydrogen-bond acceptors (Lipinski definition) is 0. The molecule has 0 aromatic heterocycles. The van der Waals surface area contributed by atoms with Crippen molar-refractivity contribution in [3.8, 4) is 0 Å². The molecule has 5 saturated carbocycles. The van der Waals surface area contributed by atoms with Gasteiger partial charge in [-0.15, -0.1) is 0 Å². The van der Waals surface area contributed by atoms with Gasteiger partial charge in [0, 0.05) is 0 Å². The average Bonchev–Trinajstić information content (AvgIpc) is 2.55. The Morgan fingerprint density at radius 3 is 2.82 bits per heavy atom. The van der Waals surface area contributed by atoms with Gasteiger partial charge in [0.1, 0.15) is 0 Å². The summed E-state index contributed by atoms with van der Waals surface area (Å²) in [6.07, 6.45) is 6.45. The molecule has 11 heavy (non-hydrogen) atoms. The molecule has 6 unspecified atom stereocenters. The summed E-state index contributed by atoms with van der Waals surface area (Å²) in [4.78, 5) is 0. The van der Waals surface area contributed by atoms with Crippen LogP contribution in [-0.2, 0) is 0 Å². The standard InChI is InChI=1S/C11H16/c1-11-4-6-2-7(5-11)9-8(3-6)10(9)11/h6-10H,2-5H2,1H3. The number of hydrogen-bond donors (Lipinski definition) is 0. The Morgan fingerprint density at radius 2 is 2.09 bits per heavy atom. The smallest absolute Gasteiger partial charge is 0.0287 e. The van der Waals surface area contributed by atoms with Gasteiger partial charge >= 0.3 is 0 Å². The van der Waals surface area contributed by atoms with Gasteiger partial charge in [0.2, 0.25) is 0 Å². The van der Waals surface area contributed by atoms with Crippen LogP contribution in [0.15, 0.2) is 0 Å². The molecule has 0 heteroatoms. The summed E-state index contributed by atoms with van der Waals surface area (Å²) in [5, 5.41) is 0. The van der Waals surface area contributed by atoms with E-state index in [1.807, 2.05) is 0 Å². The molecule has 5 rings (SSSR count). The van der Waals surface area contributed by atoms with Crippen molar-refractivity contribution in [1.82, 2.24) is 0 Å². The molecule has 0 aliphatic heterocycles. The molecule has 5 aliphatic rings. The molecule has 0 amide bonds. The topological polar surface area (TPSA) is 0 Å². The second kappa shape index (κ2) is 1.30. The fraction of sp³-hybridized carbons (Fsp3) is 1.00. The summed E-state index contributed by atoms with van der Waals surface area (Å²) >= 11 is 0. The summed E-state index contributed by atoms with van der Waals surface area (Å²) in [6.45, 7) is 2.58. The van der Waals surface area contributed by atoms with Crippen molar-refractivity contribution < 1.29 is 0 Å². The zero-order chi connectivity index (χ0) is 7.22. The summed E-state index contributed by atoms with van der Waals surface area (Å²) in [5.41, 5.74) is 0.848. The van der Waals surface area contributed by atoms with Crippen LogP contribution in [0.4, 0.5) is 0 Å². The molecular weight excluding hydrogens is 132 g/mol. The quantitative estimate of drug-likeness (QED) is 0.495. The molecule has 6 atom stereocenters. The Bertz CT molecular complexity index is 232. The van der Waals surface area contributed by atoms with E-state index in [9.17, 15) is 0 Å². The van der Waals surface area contributed by atoms with E-state index in [2.05, 4.69) is 6.92 Å². The molecule has 5 fully saturated rings. The van der Waals surface area contributed by atoms with Gasteiger partial charge in [-0.2, -0.15) is 0 Å². The van der Waals surface area contributed by atoms with Gasteiger partial charge in [-0.05, 0) is 60.7 Å². The van der Waals surface area contributed by atoms with Crippen LogP contribution in [0.2, 0.25) is 0 Å². The molecule has 0 radical (unpaired) electrons. The first kappa shape index (κ1) is 5.61. The second-order valence-electron chi connectivity index (χ2n) is 5.93. The first-order valence-corrected chi connectivity index (χ1v) is 5.28. The first-order valence-electron chi connectivity index (χ1n) is 5.28. The lowest BCUT2D eigenvalue weighted by molar-refractivity contribution is 0.0587. The summed E-state index contributed by atoms with van der Waals surface area (Å²) in [5.74, 6) is 6.04. The zero-order valence-electron chi connectivity index (χ0n) is 7.22. The van der Waals surface area contributed by atoms with Crippen molar-refractivity contribution in [2.45, 2.75) is 32.6 Å². The van der Waals surface area contributed by atoms with Gasteiger partial charge in [0.15, 0.2) is 0 Å². The monoisotopic (exact) mass is 148 g/mol. The fourth-order valence-corrected chi connectivity index (χ4v) is 5.39. The largest absolute Gasteiger partial charge is 0.0593 e.